The maximum atomic E-state index is 12.0. The van der Waals surface area contributed by atoms with Gasteiger partial charge in [0.15, 0.2) is 11.5 Å². The van der Waals surface area contributed by atoms with E-state index in [4.69, 9.17) is 14.2 Å². The lowest BCUT2D eigenvalue weighted by Crippen LogP contribution is -2.22. The smallest absolute Gasteiger partial charge is 0.220 e. The normalized spacial score (nSPS) is 10.3. The average molecular weight is 332 g/mol. The number of hydrogen-bond acceptors (Lipinski definition) is 4. The molecule has 2 rings (SSSR count). The molecule has 1 N–H and O–H groups in total. The molecular formula is C18H24N2O4. The highest BCUT2D eigenvalue weighted by Crippen LogP contribution is 2.38. The number of nitrogens with one attached hydrogen (secondary N) is 1. The quantitative estimate of drug-likeness (QED) is 0.767. The molecular weight excluding hydrogens is 308 g/mol. The van der Waals surface area contributed by atoms with E-state index in [0.29, 0.717) is 30.2 Å². The van der Waals surface area contributed by atoms with Crippen LogP contribution in [-0.2, 0) is 17.9 Å². The SMILES string of the molecule is COc1cc(CNC(=O)CCCn2cccc2)cc(OC)c1OC. The van der Waals surface area contributed by atoms with Crippen molar-refractivity contribution in [2.75, 3.05) is 21.3 Å². The minimum absolute atomic E-state index is 0.0240. The molecule has 24 heavy (non-hydrogen) atoms. The van der Waals surface area contributed by atoms with Gasteiger partial charge in [-0.3, -0.25) is 4.79 Å². The van der Waals surface area contributed by atoms with Gasteiger partial charge in [-0.1, -0.05) is 0 Å². The summed E-state index contributed by atoms with van der Waals surface area (Å²) < 4.78 is 18.0. The van der Waals surface area contributed by atoms with Gasteiger partial charge in [-0.05, 0) is 36.2 Å². The van der Waals surface area contributed by atoms with Gasteiger partial charge in [0.25, 0.3) is 0 Å². The van der Waals surface area contributed by atoms with Gasteiger partial charge >= 0.3 is 0 Å². The van der Waals surface area contributed by atoms with Crippen LogP contribution in [-0.4, -0.2) is 31.8 Å². The first-order chi connectivity index (χ1) is 11.7. The minimum atomic E-state index is 0.0240. The summed E-state index contributed by atoms with van der Waals surface area (Å²) >= 11 is 0. The van der Waals surface area contributed by atoms with Crippen LogP contribution in [0, 0.1) is 0 Å². The number of carbonyl (C=O) groups excluding carboxylic acids is 1. The molecule has 1 aromatic heterocycles. The number of rotatable bonds is 9. The minimum Gasteiger partial charge on any atom is -0.493 e. The number of nitrogens with zero attached hydrogens (tertiary/aromatic N) is 1. The lowest BCUT2D eigenvalue weighted by molar-refractivity contribution is -0.121. The van der Waals surface area contributed by atoms with E-state index < -0.39 is 0 Å². The molecule has 0 spiro atoms. The van der Waals surface area contributed by atoms with Crippen LogP contribution in [0.1, 0.15) is 18.4 Å². The lowest BCUT2D eigenvalue weighted by Gasteiger charge is -2.14. The molecule has 0 saturated carbocycles. The Labute approximate surface area is 142 Å². The van der Waals surface area contributed by atoms with Gasteiger partial charge in [-0.2, -0.15) is 0 Å². The maximum Gasteiger partial charge on any atom is 0.220 e. The molecule has 0 saturated heterocycles. The van der Waals surface area contributed by atoms with Crippen molar-refractivity contribution in [3.63, 3.8) is 0 Å². The van der Waals surface area contributed by atoms with Crippen molar-refractivity contribution < 1.29 is 19.0 Å². The first kappa shape index (κ1) is 17.7. The fraction of sp³-hybridized carbons (Fsp3) is 0.389. The van der Waals surface area contributed by atoms with Gasteiger partial charge < -0.3 is 24.1 Å². The van der Waals surface area contributed by atoms with Crippen molar-refractivity contribution in [2.24, 2.45) is 0 Å². The summed E-state index contributed by atoms with van der Waals surface area (Å²) in [6, 6.07) is 7.62. The van der Waals surface area contributed by atoms with Crippen LogP contribution in [0.15, 0.2) is 36.7 Å². The maximum absolute atomic E-state index is 12.0. The molecule has 0 fully saturated rings. The third-order valence-electron chi connectivity index (χ3n) is 3.70. The first-order valence-corrected chi connectivity index (χ1v) is 7.84. The Morgan fingerprint density at radius 1 is 1.04 bits per heavy atom. The molecule has 6 heteroatoms. The van der Waals surface area contributed by atoms with E-state index in [-0.39, 0.29) is 5.91 Å². The number of carbonyl (C=O) groups is 1. The molecule has 0 unspecified atom stereocenters. The number of methoxy groups -OCH3 is 3. The van der Waals surface area contributed by atoms with Crippen molar-refractivity contribution in [1.82, 2.24) is 9.88 Å². The number of aromatic nitrogens is 1. The summed E-state index contributed by atoms with van der Waals surface area (Å²) in [5, 5.41) is 2.92. The molecule has 1 aromatic carbocycles. The molecule has 130 valence electrons. The van der Waals surface area contributed by atoms with Gasteiger partial charge in [0.2, 0.25) is 11.7 Å². The fourth-order valence-electron chi connectivity index (χ4n) is 2.47. The van der Waals surface area contributed by atoms with E-state index in [9.17, 15) is 4.79 Å². The zero-order chi connectivity index (χ0) is 17.4. The van der Waals surface area contributed by atoms with Gasteiger partial charge in [0.1, 0.15) is 0 Å². The predicted molar refractivity (Wildman–Crippen MR) is 91.6 cm³/mol. The lowest BCUT2D eigenvalue weighted by atomic mass is 10.1. The standard InChI is InChI=1S/C18H24N2O4/c1-22-15-11-14(12-16(23-2)18(15)24-3)13-19-17(21)7-6-10-20-8-4-5-9-20/h4-5,8-9,11-12H,6-7,10,13H2,1-3H3,(H,19,21). The Kier molecular flexibility index (Phi) is 6.54. The Balaban J connectivity index is 1.87. The fourth-order valence-corrected chi connectivity index (χ4v) is 2.47. The Hall–Kier alpha value is -2.63. The van der Waals surface area contributed by atoms with E-state index in [1.165, 1.54) is 0 Å². The second kappa shape index (κ2) is 8.86. The summed E-state index contributed by atoms with van der Waals surface area (Å²) in [7, 11) is 4.70. The van der Waals surface area contributed by atoms with Gasteiger partial charge in [-0.25, -0.2) is 0 Å². The summed E-state index contributed by atoms with van der Waals surface area (Å²) in [6.45, 7) is 1.25. The Morgan fingerprint density at radius 2 is 1.67 bits per heavy atom. The van der Waals surface area contributed by atoms with Crippen molar-refractivity contribution in [1.29, 1.82) is 0 Å². The summed E-state index contributed by atoms with van der Waals surface area (Å²) in [5.41, 5.74) is 0.892. The second-order valence-corrected chi connectivity index (χ2v) is 5.33. The van der Waals surface area contributed by atoms with Crippen LogP contribution in [0.5, 0.6) is 17.2 Å². The van der Waals surface area contributed by atoms with Gasteiger partial charge in [-0.15, -0.1) is 0 Å². The van der Waals surface area contributed by atoms with Crippen LogP contribution in [0.4, 0.5) is 0 Å². The zero-order valence-electron chi connectivity index (χ0n) is 14.4. The molecule has 0 radical (unpaired) electrons. The highest BCUT2D eigenvalue weighted by molar-refractivity contribution is 5.75. The monoisotopic (exact) mass is 332 g/mol. The van der Waals surface area contributed by atoms with Crippen molar-refractivity contribution >= 4 is 5.91 Å². The molecule has 1 heterocycles. The molecule has 2 aromatic rings. The van der Waals surface area contributed by atoms with E-state index >= 15 is 0 Å². The highest BCUT2D eigenvalue weighted by atomic mass is 16.5. The topological polar surface area (TPSA) is 61.7 Å². The van der Waals surface area contributed by atoms with Crippen LogP contribution in [0.2, 0.25) is 0 Å². The summed E-state index contributed by atoms with van der Waals surface area (Å²) in [6.07, 6.45) is 5.28. The number of hydrogen-bond donors (Lipinski definition) is 1. The zero-order valence-corrected chi connectivity index (χ0v) is 14.4. The number of amides is 1. The van der Waals surface area contributed by atoms with E-state index in [1.54, 1.807) is 21.3 Å². The third-order valence-corrected chi connectivity index (χ3v) is 3.70. The van der Waals surface area contributed by atoms with Gasteiger partial charge in [0, 0.05) is 31.9 Å². The van der Waals surface area contributed by atoms with Crippen LogP contribution in [0.25, 0.3) is 0 Å². The number of ether oxygens (including phenoxy) is 3. The summed E-state index contributed by atoms with van der Waals surface area (Å²) in [5.74, 6) is 1.72. The average Bonchev–Trinajstić information content (AvgIpc) is 3.12. The van der Waals surface area contributed by atoms with E-state index in [0.717, 1.165) is 18.5 Å². The van der Waals surface area contributed by atoms with E-state index in [2.05, 4.69) is 9.88 Å². The molecule has 0 aliphatic rings. The van der Waals surface area contributed by atoms with Crippen molar-refractivity contribution in [2.45, 2.75) is 25.9 Å². The van der Waals surface area contributed by atoms with Crippen LogP contribution in [0.3, 0.4) is 0 Å². The van der Waals surface area contributed by atoms with Gasteiger partial charge in [0.05, 0.1) is 21.3 Å². The van der Waals surface area contributed by atoms with Crippen LogP contribution >= 0.6 is 0 Å². The highest BCUT2D eigenvalue weighted by Gasteiger charge is 2.13. The third kappa shape index (κ3) is 4.68. The van der Waals surface area contributed by atoms with Crippen molar-refractivity contribution in [3.05, 3.63) is 42.2 Å². The molecule has 1 amide bonds. The van der Waals surface area contributed by atoms with E-state index in [1.807, 2.05) is 36.7 Å². The molecule has 0 atom stereocenters. The molecule has 0 bridgehead atoms. The first-order valence-electron chi connectivity index (χ1n) is 7.84. The summed E-state index contributed by atoms with van der Waals surface area (Å²) in [4.78, 5) is 12.0. The Bertz CT molecular complexity index is 628. The number of aryl methyl sites for hydroxylation is 1. The Morgan fingerprint density at radius 3 is 2.21 bits per heavy atom. The largest absolute Gasteiger partial charge is 0.493 e. The second-order valence-electron chi connectivity index (χ2n) is 5.33. The van der Waals surface area contributed by atoms with Crippen molar-refractivity contribution in [3.8, 4) is 17.2 Å². The molecule has 0 aliphatic heterocycles. The molecule has 0 aliphatic carbocycles. The number of benzene rings is 1. The van der Waals surface area contributed by atoms with Crippen LogP contribution < -0.4 is 19.5 Å². The predicted octanol–water partition coefficient (Wildman–Crippen LogP) is 2.61. The molecule has 6 nitrogen and oxygen atoms in total.